The lowest BCUT2D eigenvalue weighted by atomic mass is 10.2. The molecule has 5 rings (SSSR count). The van der Waals surface area contributed by atoms with Crippen molar-refractivity contribution < 1.29 is 23.4 Å². The van der Waals surface area contributed by atoms with Gasteiger partial charge in [0.05, 0.1) is 18.3 Å². The second kappa shape index (κ2) is 12.5. The van der Waals surface area contributed by atoms with Crippen molar-refractivity contribution in [3.63, 3.8) is 0 Å². The van der Waals surface area contributed by atoms with Crippen molar-refractivity contribution >= 4 is 28.4 Å². The highest BCUT2D eigenvalue weighted by Crippen LogP contribution is 2.34. The molecule has 1 amide bonds. The number of anilines is 2. The number of amides is 1. The largest absolute Gasteiger partial charge is 0.453 e. The van der Waals surface area contributed by atoms with Crippen LogP contribution in [0.1, 0.15) is 43.6 Å². The lowest BCUT2D eigenvalue weighted by molar-refractivity contribution is 0.102. The van der Waals surface area contributed by atoms with Gasteiger partial charge in [-0.3, -0.25) is 19.3 Å². The summed E-state index contributed by atoms with van der Waals surface area (Å²) in [5.74, 6) is -1.80. The number of nitrogens with one attached hydrogen (secondary N) is 3. The molecular weight excluding hydrogens is 576 g/mol. The van der Waals surface area contributed by atoms with Crippen LogP contribution < -0.4 is 26.6 Å². The molecule has 0 radical (unpaired) electrons. The molecule has 12 nitrogen and oxygen atoms in total. The molecule has 0 saturated carbocycles. The average Bonchev–Trinajstić information content (AvgIpc) is 3.41. The van der Waals surface area contributed by atoms with Gasteiger partial charge in [-0.25, -0.2) is 23.1 Å². The van der Waals surface area contributed by atoms with Gasteiger partial charge in [0.15, 0.2) is 23.0 Å². The quantitative estimate of drug-likeness (QED) is 0.183. The first-order chi connectivity index (χ1) is 21.1. The number of aromatic nitrogens is 5. The van der Waals surface area contributed by atoms with Crippen molar-refractivity contribution in [1.29, 1.82) is 0 Å². The number of carbonyl (C=O) groups is 1. The third-order valence-electron chi connectivity index (χ3n) is 6.89. The second-order valence-electron chi connectivity index (χ2n) is 10.2. The number of rotatable bonds is 10. The van der Waals surface area contributed by atoms with E-state index in [2.05, 4.69) is 25.8 Å². The molecule has 0 aliphatic rings. The van der Waals surface area contributed by atoms with Crippen LogP contribution in [0.2, 0.25) is 0 Å². The summed E-state index contributed by atoms with van der Waals surface area (Å²) >= 11 is 0. The van der Waals surface area contributed by atoms with Crippen LogP contribution in [0.15, 0.2) is 70.5 Å². The van der Waals surface area contributed by atoms with Crippen LogP contribution in [-0.2, 0) is 0 Å². The van der Waals surface area contributed by atoms with Crippen molar-refractivity contribution in [2.75, 3.05) is 17.2 Å². The number of benzene rings is 2. The van der Waals surface area contributed by atoms with E-state index in [-0.39, 0.29) is 41.1 Å². The van der Waals surface area contributed by atoms with Crippen LogP contribution in [0.25, 0.3) is 16.7 Å². The van der Waals surface area contributed by atoms with Crippen LogP contribution in [0.3, 0.4) is 0 Å². The molecule has 3 heterocycles. The molecule has 0 unspecified atom stereocenters. The third-order valence-corrected chi connectivity index (χ3v) is 6.89. The van der Waals surface area contributed by atoms with E-state index < -0.39 is 34.8 Å². The Morgan fingerprint density at radius 2 is 1.84 bits per heavy atom. The van der Waals surface area contributed by atoms with Gasteiger partial charge in [-0.15, -0.1) is 0 Å². The summed E-state index contributed by atoms with van der Waals surface area (Å²) in [5.41, 5.74) is -1.51. The molecule has 5 aromatic rings. The Kier molecular flexibility index (Phi) is 8.53. The van der Waals surface area contributed by atoms with Crippen molar-refractivity contribution in [3.05, 3.63) is 99.0 Å². The smallest absolute Gasteiger partial charge is 0.335 e. The Morgan fingerprint density at radius 1 is 1.09 bits per heavy atom. The Balaban J connectivity index is 1.43. The number of ether oxygens (including phenoxy) is 1. The van der Waals surface area contributed by atoms with Gasteiger partial charge in [0.1, 0.15) is 22.5 Å². The summed E-state index contributed by atoms with van der Waals surface area (Å²) in [6.07, 6.45) is 3.23. The van der Waals surface area contributed by atoms with E-state index in [9.17, 15) is 23.9 Å². The highest BCUT2D eigenvalue weighted by Gasteiger charge is 2.21. The molecule has 3 aromatic heterocycles. The minimum atomic E-state index is -0.922. The molecule has 0 spiro atoms. The Bertz CT molecular complexity index is 1950. The fourth-order valence-corrected chi connectivity index (χ4v) is 4.48. The number of hydrogen-bond donors (Lipinski definition) is 4. The maximum absolute atomic E-state index is 15.2. The number of halogens is 2. The number of H-pyrrole nitrogens is 1. The lowest BCUT2D eigenvalue weighted by Crippen LogP contribution is -2.42. The zero-order valence-corrected chi connectivity index (χ0v) is 24.0. The molecule has 0 saturated heterocycles. The van der Waals surface area contributed by atoms with Crippen LogP contribution in [-0.4, -0.2) is 48.0 Å². The molecule has 14 heteroatoms. The molecule has 1 atom stereocenters. The van der Waals surface area contributed by atoms with Gasteiger partial charge in [-0.05, 0) is 56.7 Å². The number of hydrogen-bond acceptors (Lipinski definition) is 8. The molecule has 0 fully saturated rings. The number of pyridine rings is 1. The maximum atomic E-state index is 15.2. The first-order valence-corrected chi connectivity index (χ1v) is 13.7. The number of carbonyl (C=O) groups excluding carboxylic acids is 1. The van der Waals surface area contributed by atoms with E-state index in [0.29, 0.717) is 23.3 Å². The van der Waals surface area contributed by atoms with Gasteiger partial charge >= 0.3 is 5.69 Å². The predicted molar refractivity (Wildman–Crippen MR) is 160 cm³/mol. The van der Waals surface area contributed by atoms with Gasteiger partial charge in [0.2, 0.25) is 0 Å². The first-order valence-electron chi connectivity index (χ1n) is 13.7. The normalized spacial score (nSPS) is 12.0. The minimum absolute atomic E-state index is 0.0224. The SMILES string of the molecule is CC[C@H](CO)Nc1n[nH]c2nccc(Oc3ccc(NC(=O)c4cn(C(C)C)c(=O)n(-c5ccc(F)cc5)c4=O)cc3F)c12. The fraction of sp³-hybridized carbons (Fsp3) is 0.233. The molecule has 44 heavy (non-hydrogen) atoms. The number of aliphatic hydroxyl groups is 1. The van der Waals surface area contributed by atoms with E-state index in [1.807, 2.05) is 6.92 Å². The lowest BCUT2D eigenvalue weighted by Gasteiger charge is -2.16. The van der Waals surface area contributed by atoms with Crippen molar-refractivity contribution in [3.8, 4) is 17.2 Å². The number of fused-ring (bicyclic) bond motifs is 1. The summed E-state index contributed by atoms with van der Waals surface area (Å²) in [6.45, 7) is 5.17. The molecule has 228 valence electrons. The highest BCUT2D eigenvalue weighted by molar-refractivity contribution is 6.04. The molecule has 0 aliphatic carbocycles. The minimum Gasteiger partial charge on any atom is -0.453 e. The van der Waals surface area contributed by atoms with Crippen LogP contribution in [0.4, 0.5) is 20.3 Å². The van der Waals surface area contributed by atoms with Crippen molar-refractivity contribution in [1.82, 2.24) is 24.3 Å². The summed E-state index contributed by atoms with van der Waals surface area (Å²) in [4.78, 5) is 43.8. The standard InChI is InChI=1S/C30H29F2N7O5/c1-4-18(15-40)34-27-25-24(11-12-33-26(25)36-37-27)44-23-10-7-19(13-22(23)32)35-28(41)21-14-38(16(2)3)30(43)39(29(21)42)20-8-5-17(31)6-9-20/h5-14,16,18,40H,4,15H2,1-3H3,(H,35,41)(H2,33,34,36,37)/t18-/m1/s1. The predicted octanol–water partition coefficient (Wildman–Crippen LogP) is 4.36. The zero-order chi connectivity index (χ0) is 31.5. The Morgan fingerprint density at radius 3 is 2.50 bits per heavy atom. The van der Waals surface area contributed by atoms with Crippen molar-refractivity contribution in [2.24, 2.45) is 0 Å². The topological polar surface area (TPSA) is 156 Å². The highest BCUT2D eigenvalue weighted by atomic mass is 19.1. The fourth-order valence-electron chi connectivity index (χ4n) is 4.48. The third kappa shape index (κ3) is 5.92. The number of nitrogens with zero attached hydrogens (tertiary/aromatic N) is 4. The van der Waals surface area contributed by atoms with Crippen LogP contribution in [0, 0.1) is 11.6 Å². The Hall–Kier alpha value is -5.37. The number of aromatic amines is 1. The van der Waals surface area contributed by atoms with Gasteiger partial charge in [0, 0.05) is 36.3 Å². The van der Waals surface area contributed by atoms with E-state index >= 15 is 4.39 Å². The summed E-state index contributed by atoms with van der Waals surface area (Å²) < 4.78 is 36.6. The Labute approximate surface area is 249 Å². The van der Waals surface area contributed by atoms with Crippen LogP contribution in [0.5, 0.6) is 11.5 Å². The van der Waals surface area contributed by atoms with E-state index in [1.165, 1.54) is 41.1 Å². The monoisotopic (exact) mass is 605 g/mol. The zero-order valence-electron chi connectivity index (χ0n) is 24.0. The van der Waals surface area contributed by atoms with Crippen LogP contribution >= 0.6 is 0 Å². The first kappa shape index (κ1) is 30.1. The second-order valence-corrected chi connectivity index (χ2v) is 10.2. The van der Waals surface area contributed by atoms with E-state index in [4.69, 9.17) is 4.74 Å². The number of aliphatic hydroxyl groups excluding tert-OH is 1. The molecular formula is C30H29F2N7O5. The molecule has 4 N–H and O–H groups in total. The summed E-state index contributed by atoms with van der Waals surface area (Å²) in [6, 6.07) is 9.27. The molecule has 0 aliphatic heterocycles. The van der Waals surface area contributed by atoms with E-state index in [0.717, 1.165) is 29.0 Å². The van der Waals surface area contributed by atoms with Gasteiger partial charge < -0.3 is 20.5 Å². The summed E-state index contributed by atoms with van der Waals surface area (Å²) in [5, 5.41) is 22.6. The molecule has 2 aromatic carbocycles. The van der Waals surface area contributed by atoms with Gasteiger partial charge in [-0.2, -0.15) is 5.10 Å². The summed E-state index contributed by atoms with van der Waals surface area (Å²) in [7, 11) is 0. The molecule has 0 bridgehead atoms. The van der Waals surface area contributed by atoms with E-state index in [1.54, 1.807) is 13.8 Å². The van der Waals surface area contributed by atoms with Crippen molar-refractivity contribution in [2.45, 2.75) is 39.3 Å². The average molecular weight is 606 g/mol. The van der Waals surface area contributed by atoms with Gasteiger partial charge in [0.25, 0.3) is 11.5 Å². The maximum Gasteiger partial charge on any atom is 0.335 e. The van der Waals surface area contributed by atoms with Gasteiger partial charge in [-0.1, -0.05) is 6.92 Å².